The fraction of sp³-hybridized carbons (Fsp3) is 0.444. The van der Waals surface area contributed by atoms with Crippen LogP contribution in [0.25, 0.3) is 5.65 Å². The fourth-order valence-electron chi connectivity index (χ4n) is 2.75. The summed E-state index contributed by atoms with van der Waals surface area (Å²) in [7, 11) is 2.04. The topological polar surface area (TPSA) is 70.7 Å². The maximum Gasteiger partial charge on any atom is 0.194 e. The summed E-state index contributed by atoms with van der Waals surface area (Å²) in [4.78, 5) is 11.4. The van der Waals surface area contributed by atoms with E-state index in [4.69, 9.17) is 4.99 Å². The number of fused-ring (bicyclic) bond motifs is 1. The van der Waals surface area contributed by atoms with E-state index in [0.717, 1.165) is 60.6 Å². The SMILES string of the molecule is CCNC(=NCCCc1nnc2ccccn12)N(C)Cc1csc(C)n1.I. The highest BCUT2D eigenvalue weighted by Crippen LogP contribution is 2.10. The first kappa shape index (κ1) is 21.5. The molecule has 0 aliphatic carbocycles. The Labute approximate surface area is 181 Å². The van der Waals surface area contributed by atoms with Gasteiger partial charge in [0, 0.05) is 38.1 Å². The van der Waals surface area contributed by atoms with Crippen molar-refractivity contribution in [3.05, 3.63) is 46.3 Å². The molecule has 0 bridgehead atoms. The van der Waals surface area contributed by atoms with Crippen LogP contribution in [-0.4, -0.2) is 50.6 Å². The third-order valence-electron chi connectivity index (χ3n) is 3.97. The predicted molar refractivity (Wildman–Crippen MR) is 121 cm³/mol. The summed E-state index contributed by atoms with van der Waals surface area (Å²) in [5, 5.41) is 15.0. The Morgan fingerprint density at radius 3 is 2.93 bits per heavy atom. The first-order valence-corrected chi connectivity index (χ1v) is 9.74. The number of hydrogen-bond donors (Lipinski definition) is 1. The predicted octanol–water partition coefficient (Wildman–Crippen LogP) is 3.14. The summed E-state index contributed by atoms with van der Waals surface area (Å²) in [5.74, 6) is 1.89. The fourth-order valence-corrected chi connectivity index (χ4v) is 3.36. The zero-order valence-electron chi connectivity index (χ0n) is 15.9. The van der Waals surface area contributed by atoms with E-state index < -0.39 is 0 Å². The van der Waals surface area contributed by atoms with E-state index in [9.17, 15) is 0 Å². The van der Waals surface area contributed by atoms with Crippen molar-refractivity contribution in [2.75, 3.05) is 20.1 Å². The number of nitrogens with one attached hydrogen (secondary N) is 1. The second-order valence-electron chi connectivity index (χ2n) is 6.10. The second-order valence-corrected chi connectivity index (χ2v) is 7.16. The van der Waals surface area contributed by atoms with Crippen molar-refractivity contribution in [3.63, 3.8) is 0 Å². The monoisotopic (exact) mass is 499 g/mol. The number of guanidine groups is 1. The summed E-state index contributed by atoms with van der Waals surface area (Å²) < 4.78 is 2.03. The van der Waals surface area contributed by atoms with Gasteiger partial charge in [-0.25, -0.2) is 4.98 Å². The minimum Gasteiger partial charge on any atom is -0.357 e. The smallest absolute Gasteiger partial charge is 0.194 e. The van der Waals surface area contributed by atoms with Crippen LogP contribution in [0.4, 0.5) is 0 Å². The van der Waals surface area contributed by atoms with Gasteiger partial charge in [0.1, 0.15) is 5.82 Å². The molecule has 0 aliphatic rings. The summed E-state index contributed by atoms with van der Waals surface area (Å²) in [6.45, 7) is 6.45. The van der Waals surface area contributed by atoms with Crippen LogP contribution < -0.4 is 5.32 Å². The molecular formula is C18H26IN7S. The zero-order chi connectivity index (χ0) is 18.4. The molecule has 1 N–H and O–H groups in total. The summed E-state index contributed by atoms with van der Waals surface area (Å²) >= 11 is 1.68. The van der Waals surface area contributed by atoms with Crippen molar-refractivity contribution in [1.29, 1.82) is 0 Å². The third kappa shape index (κ3) is 5.86. The molecule has 0 amide bonds. The first-order valence-electron chi connectivity index (χ1n) is 8.86. The van der Waals surface area contributed by atoms with Gasteiger partial charge in [-0.2, -0.15) is 0 Å². The lowest BCUT2D eigenvalue weighted by Crippen LogP contribution is -2.38. The average Bonchev–Trinajstić information content (AvgIpc) is 3.24. The number of hydrogen-bond acceptors (Lipinski definition) is 5. The van der Waals surface area contributed by atoms with Crippen molar-refractivity contribution in [1.82, 2.24) is 29.8 Å². The number of rotatable bonds is 7. The number of aryl methyl sites for hydroxylation is 2. The Morgan fingerprint density at radius 1 is 1.33 bits per heavy atom. The lowest BCUT2D eigenvalue weighted by molar-refractivity contribution is 0.470. The molecule has 3 aromatic heterocycles. The molecule has 0 aromatic carbocycles. The number of nitrogens with zero attached hydrogens (tertiary/aromatic N) is 6. The molecule has 0 atom stereocenters. The Bertz CT molecular complexity index is 873. The van der Waals surface area contributed by atoms with Gasteiger partial charge in [-0.3, -0.25) is 9.39 Å². The van der Waals surface area contributed by atoms with Gasteiger partial charge in [-0.15, -0.1) is 45.5 Å². The van der Waals surface area contributed by atoms with Gasteiger partial charge in [-0.05, 0) is 32.4 Å². The second kappa shape index (κ2) is 10.5. The number of halogens is 1. The van der Waals surface area contributed by atoms with Crippen molar-refractivity contribution in [2.45, 2.75) is 33.2 Å². The molecule has 9 heteroatoms. The van der Waals surface area contributed by atoms with Crippen LogP contribution in [0.5, 0.6) is 0 Å². The molecule has 3 aromatic rings. The van der Waals surface area contributed by atoms with E-state index >= 15 is 0 Å². The van der Waals surface area contributed by atoms with Crippen LogP contribution in [0.1, 0.15) is 29.9 Å². The normalized spacial score (nSPS) is 11.4. The minimum atomic E-state index is 0. The molecule has 0 fully saturated rings. The Balaban J connectivity index is 0.00000261. The lowest BCUT2D eigenvalue weighted by Gasteiger charge is -2.21. The van der Waals surface area contributed by atoms with Gasteiger partial charge >= 0.3 is 0 Å². The zero-order valence-corrected chi connectivity index (χ0v) is 19.1. The molecule has 0 radical (unpaired) electrons. The van der Waals surface area contributed by atoms with E-state index in [0.29, 0.717) is 0 Å². The largest absolute Gasteiger partial charge is 0.357 e. The van der Waals surface area contributed by atoms with Crippen molar-refractivity contribution >= 4 is 46.9 Å². The third-order valence-corrected chi connectivity index (χ3v) is 4.79. The first-order chi connectivity index (χ1) is 12.7. The molecule has 146 valence electrons. The molecule has 0 saturated heterocycles. The number of aliphatic imine (C=N–C) groups is 1. The molecule has 27 heavy (non-hydrogen) atoms. The Morgan fingerprint density at radius 2 is 2.19 bits per heavy atom. The van der Waals surface area contributed by atoms with Crippen LogP contribution in [0.15, 0.2) is 34.8 Å². The van der Waals surface area contributed by atoms with Crippen LogP contribution in [0.2, 0.25) is 0 Å². The summed E-state index contributed by atoms with van der Waals surface area (Å²) in [6.07, 6.45) is 3.78. The molecule has 0 aliphatic heterocycles. The van der Waals surface area contributed by atoms with Crippen molar-refractivity contribution in [3.8, 4) is 0 Å². The van der Waals surface area contributed by atoms with Gasteiger partial charge < -0.3 is 10.2 Å². The minimum absolute atomic E-state index is 0. The standard InChI is InChI=1S/C18H25N7S.HI/c1-4-19-18(24(3)12-15-13-26-14(2)21-15)20-10-7-9-17-23-22-16-8-5-6-11-25(16)17;/h5-6,8,11,13H,4,7,9-10,12H2,1-3H3,(H,19,20);1H. The van der Waals surface area contributed by atoms with Crippen molar-refractivity contribution < 1.29 is 0 Å². The van der Waals surface area contributed by atoms with E-state index in [-0.39, 0.29) is 24.0 Å². The maximum atomic E-state index is 4.75. The molecule has 3 heterocycles. The highest BCUT2D eigenvalue weighted by atomic mass is 127. The molecule has 0 spiro atoms. The molecular weight excluding hydrogens is 473 g/mol. The molecule has 0 unspecified atom stereocenters. The van der Waals surface area contributed by atoms with Gasteiger partial charge in [0.2, 0.25) is 0 Å². The van der Waals surface area contributed by atoms with Crippen LogP contribution in [-0.2, 0) is 13.0 Å². The highest BCUT2D eigenvalue weighted by molar-refractivity contribution is 14.0. The number of thiazole rings is 1. The van der Waals surface area contributed by atoms with Crippen LogP contribution in [0, 0.1) is 6.92 Å². The average molecular weight is 499 g/mol. The van der Waals surface area contributed by atoms with Gasteiger partial charge in [0.05, 0.1) is 17.2 Å². The van der Waals surface area contributed by atoms with Crippen LogP contribution in [0.3, 0.4) is 0 Å². The van der Waals surface area contributed by atoms with E-state index in [1.807, 2.05) is 42.8 Å². The van der Waals surface area contributed by atoms with Crippen molar-refractivity contribution in [2.24, 2.45) is 4.99 Å². The molecule has 3 rings (SSSR count). The number of pyridine rings is 1. The molecule has 0 saturated carbocycles. The van der Waals surface area contributed by atoms with Crippen LogP contribution >= 0.6 is 35.3 Å². The maximum absolute atomic E-state index is 4.75. The molecule has 7 nitrogen and oxygen atoms in total. The number of aromatic nitrogens is 4. The van der Waals surface area contributed by atoms with Gasteiger partial charge in [0.25, 0.3) is 0 Å². The summed E-state index contributed by atoms with van der Waals surface area (Å²) in [6, 6.07) is 5.93. The van der Waals surface area contributed by atoms with E-state index in [2.05, 4.69) is 37.7 Å². The summed E-state index contributed by atoms with van der Waals surface area (Å²) in [5.41, 5.74) is 1.97. The quantitative estimate of drug-likeness (QED) is 0.234. The van der Waals surface area contributed by atoms with E-state index in [1.54, 1.807) is 11.3 Å². The lowest BCUT2D eigenvalue weighted by atomic mass is 10.3. The Kier molecular flexibility index (Phi) is 8.42. The Hall–Kier alpha value is -1.75. The highest BCUT2D eigenvalue weighted by Gasteiger charge is 2.09. The van der Waals surface area contributed by atoms with Gasteiger partial charge in [0.15, 0.2) is 11.6 Å². The van der Waals surface area contributed by atoms with E-state index in [1.165, 1.54) is 0 Å². The van der Waals surface area contributed by atoms with Gasteiger partial charge in [-0.1, -0.05) is 6.07 Å².